The van der Waals surface area contributed by atoms with E-state index in [1.165, 1.54) is 41.4 Å². The van der Waals surface area contributed by atoms with E-state index in [0.29, 0.717) is 0 Å². The van der Waals surface area contributed by atoms with Crippen LogP contribution in [0.1, 0.15) is 18.2 Å². The number of fused-ring (bicyclic) bond motifs is 4. The maximum Gasteiger partial charge on any atom is 0.134 e. The lowest BCUT2D eigenvalue weighted by atomic mass is 10.1. The van der Waals surface area contributed by atoms with E-state index in [1.54, 1.807) is 0 Å². The predicted molar refractivity (Wildman–Crippen MR) is 190 cm³/mol. The van der Waals surface area contributed by atoms with Crippen LogP contribution in [0.5, 0.6) is 0 Å². The third kappa shape index (κ3) is 4.34. The molecule has 0 aliphatic rings. The van der Waals surface area contributed by atoms with Crippen LogP contribution in [0.25, 0.3) is 44.5 Å². The van der Waals surface area contributed by atoms with E-state index < -0.39 is 10.0 Å². The molecule has 0 amide bonds. The number of furan rings is 1. The fraction of sp³-hybridized carbons (Fsp3) is 0.0476. The highest BCUT2D eigenvalue weighted by Crippen LogP contribution is 2.73. The van der Waals surface area contributed by atoms with Crippen LogP contribution >= 0.6 is 10.0 Å². The maximum atomic E-state index is 6.43. The topological polar surface area (TPSA) is 18.1 Å². The smallest absolute Gasteiger partial charge is 0.134 e. The van der Waals surface area contributed by atoms with Gasteiger partial charge in [0.05, 0.1) is 11.0 Å². The second-order valence-corrected chi connectivity index (χ2v) is 14.5. The van der Waals surface area contributed by atoms with E-state index in [0.717, 1.165) is 28.0 Å². The molecule has 0 saturated heterocycles. The van der Waals surface area contributed by atoms with Crippen molar-refractivity contribution < 1.29 is 4.42 Å². The Bertz CT molecular complexity index is 2180. The molecule has 2 aromatic heterocycles. The maximum absolute atomic E-state index is 6.43. The molecule has 0 unspecified atom stereocenters. The molecule has 0 aliphatic heterocycles. The Labute approximate surface area is 265 Å². The lowest BCUT2D eigenvalue weighted by Gasteiger charge is -2.42. The average Bonchev–Trinajstić information content (AvgIpc) is 3.60. The monoisotopic (exact) mass is 599 g/mol. The van der Waals surface area contributed by atoms with Crippen LogP contribution in [0, 0.1) is 6.92 Å². The number of allylic oxidation sites excluding steroid dienone is 1. The molecule has 0 bridgehead atoms. The summed E-state index contributed by atoms with van der Waals surface area (Å²) < 4.78 is 8.81. The Morgan fingerprint density at radius 2 is 1.00 bits per heavy atom. The van der Waals surface area contributed by atoms with Crippen LogP contribution in [-0.2, 0) is 0 Å². The van der Waals surface area contributed by atoms with Gasteiger partial charge in [-0.3, -0.25) is 0 Å². The number of hydrogen-bond acceptors (Lipinski definition) is 1. The van der Waals surface area contributed by atoms with Crippen LogP contribution in [0.4, 0.5) is 0 Å². The first kappa shape index (κ1) is 27.3. The molecular formula is C42H33NOS. The minimum atomic E-state index is -1.81. The molecule has 0 atom stereocenters. The fourth-order valence-electron chi connectivity index (χ4n) is 6.85. The standard InChI is InChI=1S/C42H33NOS/c1-30(43-40-24-14-12-22-36(40)37-23-13-15-25-41(37)43)28-38-31(2)44-42-27-26-35(29-39(38)42)45(32-16-6-3-7-17-32,33-18-8-4-9-19-33)34-20-10-5-11-21-34/h3-29H,1-2H3/b30-28+. The van der Waals surface area contributed by atoms with Gasteiger partial charge in [-0.2, -0.15) is 0 Å². The van der Waals surface area contributed by atoms with E-state index >= 15 is 0 Å². The van der Waals surface area contributed by atoms with Crippen LogP contribution in [0.2, 0.25) is 0 Å². The zero-order valence-electron chi connectivity index (χ0n) is 25.4. The molecule has 0 radical (unpaired) electrons. The summed E-state index contributed by atoms with van der Waals surface area (Å²) in [5, 5.41) is 3.66. The highest BCUT2D eigenvalue weighted by atomic mass is 32.3. The zero-order chi connectivity index (χ0) is 30.4. The van der Waals surface area contributed by atoms with Crippen molar-refractivity contribution in [2.24, 2.45) is 0 Å². The molecule has 218 valence electrons. The molecule has 0 spiro atoms. The number of benzene rings is 6. The van der Waals surface area contributed by atoms with E-state index in [-0.39, 0.29) is 0 Å². The summed E-state index contributed by atoms with van der Waals surface area (Å²) in [6.45, 7) is 4.28. The summed E-state index contributed by atoms with van der Waals surface area (Å²) in [5.74, 6) is 0.919. The Morgan fingerprint density at radius 1 is 0.533 bits per heavy atom. The van der Waals surface area contributed by atoms with Gasteiger partial charge in [-0.1, -0.05) is 91.0 Å². The van der Waals surface area contributed by atoms with Crippen LogP contribution in [0.15, 0.2) is 182 Å². The Morgan fingerprint density at radius 3 is 1.51 bits per heavy atom. The number of para-hydroxylation sites is 2. The van der Waals surface area contributed by atoms with Crippen molar-refractivity contribution in [2.75, 3.05) is 0 Å². The summed E-state index contributed by atoms with van der Waals surface area (Å²) in [6.07, 6.45) is 2.30. The van der Waals surface area contributed by atoms with Crippen molar-refractivity contribution in [1.82, 2.24) is 4.57 Å². The molecule has 6 aromatic carbocycles. The number of nitrogens with zero attached hydrogens (tertiary/aromatic N) is 1. The average molecular weight is 600 g/mol. The fourth-order valence-corrected chi connectivity index (χ4v) is 10.8. The number of rotatable bonds is 6. The van der Waals surface area contributed by atoms with E-state index in [9.17, 15) is 0 Å². The summed E-state index contributed by atoms with van der Waals surface area (Å²) in [4.78, 5) is 5.20. The largest absolute Gasteiger partial charge is 0.461 e. The van der Waals surface area contributed by atoms with Gasteiger partial charge in [0.25, 0.3) is 0 Å². The summed E-state index contributed by atoms with van der Waals surface area (Å²) in [5.41, 5.74) is 5.59. The highest BCUT2D eigenvalue weighted by Gasteiger charge is 2.33. The van der Waals surface area contributed by atoms with Crippen LogP contribution in [-0.4, -0.2) is 4.57 Å². The quantitative estimate of drug-likeness (QED) is 0.186. The molecule has 8 rings (SSSR count). The Hall–Kier alpha value is -5.25. The molecule has 3 heteroatoms. The first-order valence-corrected chi connectivity index (χ1v) is 17.0. The molecule has 2 nitrogen and oxygen atoms in total. The minimum Gasteiger partial charge on any atom is -0.461 e. The number of hydrogen-bond donors (Lipinski definition) is 0. The Balaban J connectivity index is 1.39. The lowest BCUT2D eigenvalue weighted by molar-refractivity contribution is 0.577. The SMILES string of the molecule is C/C(=C\c1c(C)oc2ccc(S(c3ccccc3)(c3ccccc3)c3ccccc3)cc12)n1c2ccccc2c2ccccc21. The van der Waals surface area contributed by atoms with Crippen molar-refractivity contribution in [3.63, 3.8) is 0 Å². The van der Waals surface area contributed by atoms with Gasteiger partial charge in [-0.25, -0.2) is 0 Å². The predicted octanol–water partition coefficient (Wildman–Crippen LogP) is 12.2. The first-order valence-electron chi connectivity index (χ1n) is 15.3. The summed E-state index contributed by atoms with van der Waals surface area (Å²) in [7, 11) is -1.81. The molecule has 0 N–H and O–H groups in total. The number of aromatic nitrogens is 1. The Kier molecular flexibility index (Phi) is 6.70. The van der Waals surface area contributed by atoms with Crippen molar-refractivity contribution in [2.45, 2.75) is 33.4 Å². The van der Waals surface area contributed by atoms with Crippen molar-refractivity contribution in [1.29, 1.82) is 0 Å². The van der Waals surface area contributed by atoms with Crippen molar-refractivity contribution >= 4 is 54.6 Å². The first-order chi connectivity index (χ1) is 22.2. The van der Waals surface area contributed by atoms with Gasteiger partial charge in [0.1, 0.15) is 11.3 Å². The highest BCUT2D eigenvalue weighted by molar-refractivity contribution is 8.34. The van der Waals surface area contributed by atoms with Gasteiger partial charge in [-0.15, -0.1) is 10.0 Å². The molecule has 2 heterocycles. The molecule has 45 heavy (non-hydrogen) atoms. The molecular weight excluding hydrogens is 567 g/mol. The van der Waals surface area contributed by atoms with E-state index in [4.69, 9.17) is 4.42 Å². The summed E-state index contributed by atoms with van der Waals surface area (Å²) in [6, 6.07) is 57.1. The lowest BCUT2D eigenvalue weighted by Crippen LogP contribution is -2.05. The van der Waals surface area contributed by atoms with E-state index in [1.807, 2.05) is 0 Å². The van der Waals surface area contributed by atoms with Crippen molar-refractivity contribution in [3.8, 4) is 0 Å². The summed E-state index contributed by atoms with van der Waals surface area (Å²) >= 11 is 0. The van der Waals surface area contributed by atoms with Gasteiger partial charge >= 0.3 is 0 Å². The van der Waals surface area contributed by atoms with Gasteiger partial charge in [0.2, 0.25) is 0 Å². The van der Waals surface area contributed by atoms with Crippen molar-refractivity contribution in [3.05, 3.63) is 169 Å². The second-order valence-electron chi connectivity index (χ2n) is 11.4. The van der Waals surface area contributed by atoms with Gasteiger partial charge < -0.3 is 8.98 Å². The van der Waals surface area contributed by atoms with Gasteiger partial charge in [0, 0.05) is 47.0 Å². The minimum absolute atomic E-state index is 0.903. The van der Waals surface area contributed by atoms with Crippen LogP contribution in [0.3, 0.4) is 0 Å². The molecule has 0 aliphatic carbocycles. The molecule has 0 fully saturated rings. The second kappa shape index (κ2) is 11.0. The molecule has 0 saturated carbocycles. The van der Waals surface area contributed by atoms with Gasteiger partial charge in [0.15, 0.2) is 0 Å². The van der Waals surface area contributed by atoms with Gasteiger partial charge in [-0.05, 0) is 86.7 Å². The van der Waals surface area contributed by atoms with E-state index in [2.05, 4.69) is 182 Å². The third-order valence-electron chi connectivity index (χ3n) is 8.81. The number of aryl methyl sites for hydroxylation is 1. The van der Waals surface area contributed by atoms with Crippen LogP contribution < -0.4 is 0 Å². The normalized spacial score (nSPS) is 12.7. The zero-order valence-corrected chi connectivity index (χ0v) is 26.2. The third-order valence-corrected chi connectivity index (χ3v) is 12.7. The molecule has 8 aromatic rings.